The van der Waals surface area contributed by atoms with Crippen molar-refractivity contribution in [2.45, 2.75) is 147 Å². The van der Waals surface area contributed by atoms with E-state index >= 15 is 0 Å². The van der Waals surface area contributed by atoms with E-state index in [9.17, 15) is 24.0 Å². The Hall–Kier alpha value is -7.14. The van der Waals surface area contributed by atoms with E-state index in [1.807, 2.05) is 30.3 Å². The number of H-pyrrole nitrogens is 1. The Bertz CT molecular complexity index is 3160. The standard InChI is InChI=1S/C53H74N12O11Si3/c1-53(2,3)79(10,11)76-38-27-40(65-32-57-43-45(65)61-50(54)63-48(43)74-30-33-15-13-12-14-16-33)75-39(38)31-73-41(66)22-21-37(49(69)71-23-25-77(4,5)6)59-46(67)34-17-19-35(20-18-34)55-28-36-29-56-44-42(58-36)47(68)62-51(60-44)64-52(70)72-24-26-78(7,8)9/h12-20,29,32,37-40,55H,21-28,30-31H2,1-11H3,(H,59,67)(H2,54,61,63)(H2,56,60,62,64,68,70)/t37-,38-,39+,40+/m0/s1. The van der Waals surface area contributed by atoms with Crippen LogP contribution >= 0.6 is 0 Å². The molecule has 0 radical (unpaired) electrons. The van der Waals surface area contributed by atoms with Crippen LogP contribution in [0, 0.1) is 0 Å². The molecule has 0 unspecified atom stereocenters. The average molecular weight is 1140 g/mol. The first-order valence-corrected chi connectivity index (χ1v) is 36.7. The van der Waals surface area contributed by atoms with Crippen LogP contribution in [-0.2, 0) is 46.1 Å². The lowest BCUT2D eigenvalue weighted by atomic mass is 10.1. The number of nitrogens with two attached hydrogens (primary N) is 1. The lowest BCUT2D eigenvalue weighted by Crippen LogP contribution is -2.46. The minimum atomic E-state index is -2.38. The normalized spacial score (nSPS) is 16.3. The van der Waals surface area contributed by atoms with Crippen molar-refractivity contribution in [3.8, 4) is 5.88 Å². The minimum absolute atomic E-state index is 0.0000224. The number of amides is 2. The van der Waals surface area contributed by atoms with Crippen LogP contribution in [-0.4, -0.2) is 126 Å². The Morgan fingerprint density at radius 3 is 2.24 bits per heavy atom. The van der Waals surface area contributed by atoms with Crippen LogP contribution in [0.2, 0.25) is 69.5 Å². The number of carbonyl (C=O) groups excluding carboxylic acids is 4. The first-order chi connectivity index (χ1) is 37.2. The van der Waals surface area contributed by atoms with Gasteiger partial charge in [0, 0.05) is 40.2 Å². The maximum absolute atomic E-state index is 13.7. The fourth-order valence-electron chi connectivity index (χ4n) is 7.82. The number of rotatable bonds is 24. The molecule has 0 saturated carbocycles. The number of nitrogen functional groups attached to an aromatic ring is 1. The van der Waals surface area contributed by atoms with Gasteiger partial charge in [-0.3, -0.25) is 29.3 Å². The lowest BCUT2D eigenvalue weighted by Gasteiger charge is -2.39. The van der Waals surface area contributed by atoms with Gasteiger partial charge in [-0.1, -0.05) is 90.4 Å². The van der Waals surface area contributed by atoms with Gasteiger partial charge in [-0.15, -0.1) is 0 Å². The summed E-state index contributed by atoms with van der Waals surface area (Å²) in [4.78, 5) is 94.9. The van der Waals surface area contributed by atoms with E-state index in [0.717, 1.165) is 11.6 Å². The molecule has 0 aliphatic carbocycles. The summed E-state index contributed by atoms with van der Waals surface area (Å²) in [6, 6.07) is 16.5. The Kier molecular flexibility index (Phi) is 19.1. The predicted molar refractivity (Wildman–Crippen MR) is 307 cm³/mol. The number of nitrogens with one attached hydrogen (secondary N) is 4. The zero-order valence-electron chi connectivity index (χ0n) is 46.9. The van der Waals surface area contributed by atoms with E-state index in [1.165, 1.54) is 6.20 Å². The fraction of sp³-hybridized carbons (Fsp3) is 0.491. The van der Waals surface area contributed by atoms with Crippen LogP contribution in [0.1, 0.15) is 67.9 Å². The van der Waals surface area contributed by atoms with Crippen molar-refractivity contribution in [2.24, 2.45) is 0 Å². The van der Waals surface area contributed by atoms with E-state index < -0.39 is 78.4 Å². The van der Waals surface area contributed by atoms with Crippen molar-refractivity contribution >= 4 is 88.3 Å². The van der Waals surface area contributed by atoms with E-state index in [0.29, 0.717) is 35.0 Å². The molecule has 5 heterocycles. The number of imidazole rings is 1. The zero-order valence-corrected chi connectivity index (χ0v) is 49.9. The number of aromatic nitrogens is 8. The van der Waals surface area contributed by atoms with Crippen LogP contribution in [0.5, 0.6) is 5.88 Å². The number of hydrogen-bond acceptors (Lipinski definition) is 19. The van der Waals surface area contributed by atoms with Crippen LogP contribution < -0.4 is 32.0 Å². The third-order valence-corrected chi connectivity index (χ3v) is 21.4. The summed E-state index contributed by atoms with van der Waals surface area (Å²) in [5, 5.41) is 8.26. The summed E-state index contributed by atoms with van der Waals surface area (Å²) in [6.07, 6.45) is 0.599. The third kappa shape index (κ3) is 16.9. The number of fused-ring (bicyclic) bond motifs is 2. The average Bonchev–Trinajstić information content (AvgIpc) is 4.23. The van der Waals surface area contributed by atoms with Crippen LogP contribution in [0.25, 0.3) is 22.3 Å². The third-order valence-electron chi connectivity index (χ3n) is 13.5. The van der Waals surface area contributed by atoms with Gasteiger partial charge in [0.2, 0.25) is 17.8 Å². The SMILES string of the molecule is CC(C)(C)[Si](C)(C)O[C@H]1C[C@H](n2cnc3c(OCc4ccccc4)nc(N)nc32)O[C@@H]1COC(=O)CC[C@H](NC(=O)c1ccc(NCc2cnc3nc(NC(=O)OCC[Si](C)(C)C)[nH]c(=O)c3n2)cc1)C(=O)OCC[Si](C)(C)C. The van der Waals surface area contributed by atoms with Gasteiger partial charge in [-0.05, 0) is 66.5 Å². The Balaban J connectivity index is 0.968. The number of ether oxygens (including phenoxy) is 5. The van der Waals surface area contributed by atoms with Crippen molar-refractivity contribution in [3.63, 3.8) is 0 Å². The molecule has 23 nitrogen and oxygen atoms in total. The summed E-state index contributed by atoms with van der Waals surface area (Å²) in [7, 11) is -5.38. The molecule has 26 heteroatoms. The lowest BCUT2D eigenvalue weighted by molar-refractivity contribution is -0.151. The van der Waals surface area contributed by atoms with Gasteiger partial charge in [0.15, 0.2) is 30.6 Å². The highest BCUT2D eigenvalue weighted by Crippen LogP contribution is 2.42. The molecule has 79 heavy (non-hydrogen) atoms. The summed E-state index contributed by atoms with van der Waals surface area (Å²) < 4.78 is 38.1. The van der Waals surface area contributed by atoms with Crippen molar-refractivity contribution in [2.75, 3.05) is 36.2 Å². The first-order valence-electron chi connectivity index (χ1n) is 26.4. The second-order valence-electron chi connectivity index (χ2n) is 23.4. The number of benzene rings is 2. The predicted octanol–water partition coefficient (Wildman–Crippen LogP) is 8.19. The second kappa shape index (κ2) is 25.3. The largest absolute Gasteiger partial charge is 0.471 e. The molecule has 424 valence electrons. The molecular formula is C53H74N12O11Si3. The smallest absolute Gasteiger partial charge is 0.413 e. The van der Waals surface area contributed by atoms with E-state index in [1.54, 1.807) is 35.2 Å². The van der Waals surface area contributed by atoms with Crippen molar-refractivity contribution in [3.05, 3.63) is 94.3 Å². The monoisotopic (exact) mass is 1140 g/mol. The van der Waals surface area contributed by atoms with Crippen LogP contribution in [0.3, 0.4) is 0 Å². The summed E-state index contributed by atoms with van der Waals surface area (Å²) in [6.45, 7) is 24.4. The Morgan fingerprint density at radius 2 is 1.56 bits per heavy atom. The molecule has 6 aromatic rings. The number of aromatic amines is 1. The highest BCUT2D eigenvalue weighted by Gasteiger charge is 2.46. The zero-order chi connectivity index (χ0) is 57.3. The Labute approximate surface area is 462 Å². The summed E-state index contributed by atoms with van der Waals surface area (Å²) in [5.74, 6) is -1.72. The molecule has 1 aliphatic heterocycles. The first kappa shape index (κ1) is 59.5. The van der Waals surface area contributed by atoms with Gasteiger partial charge in [0.25, 0.3) is 11.5 Å². The highest BCUT2D eigenvalue weighted by molar-refractivity contribution is 6.76. The topological polar surface area (TPSA) is 301 Å². The molecule has 1 aliphatic rings. The van der Waals surface area contributed by atoms with Gasteiger partial charge in [-0.25, -0.2) is 24.5 Å². The second-order valence-corrected chi connectivity index (χ2v) is 39.4. The summed E-state index contributed by atoms with van der Waals surface area (Å²) >= 11 is 0. The number of carbonyl (C=O) groups is 4. The van der Waals surface area contributed by atoms with Crippen LogP contribution in [0.4, 0.5) is 22.4 Å². The van der Waals surface area contributed by atoms with Crippen LogP contribution in [0.15, 0.2) is 71.9 Å². The quantitative estimate of drug-likeness (QED) is 0.0217. The number of hydrogen-bond donors (Lipinski definition) is 5. The molecule has 7 rings (SSSR count). The van der Waals surface area contributed by atoms with Crippen molar-refractivity contribution in [1.29, 1.82) is 0 Å². The molecule has 4 aromatic heterocycles. The number of nitrogens with zero attached hydrogens (tertiary/aromatic N) is 7. The Morgan fingerprint density at radius 1 is 0.861 bits per heavy atom. The molecule has 4 atom stereocenters. The fourth-order valence-corrected chi connectivity index (χ4v) is 10.6. The molecule has 2 amide bonds. The number of anilines is 3. The molecule has 2 aromatic carbocycles. The van der Waals surface area contributed by atoms with Crippen molar-refractivity contribution < 1.29 is 47.3 Å². The van der Waals surface area contributed by atoms with E-state index in [4.69, 9.17) is 33.8 Å². The highest BCUT2D eigenvalue weighted by atomic mass is 28.4. The number of esters is 2. The maximum atomic E-state index is 13.7. The summed E-state index contributed by atoms with van der Waals surface area (Å²) in [5.41, 5.74) is 8.65. The molecule has 0 bridgehead atoms. The van der Waals surface area contributed by atoms with Gasteiger partial charge in [0.05, 0.1) is 44.1 Å². The van der Waals surface area contributed by atoms with Gasteiger partial charge < -0.3 is 44.5 Å². The minimum Gasteiger partial charge on any atom is -0.471 e. The van der Waals surface area contributed by atoms with Gasteiger partial charge in [0.1, 0.15) is 31.6 Å². The molecule has 1 fully saturated rings. The molecule has 1 saturated heterocycles. The van der Waals surface area contributed by atoms with Crippen molar-refractivity contribution in [1.82, 2.24) is 44.8 Å². The maximum Gasteiger partial charge on any atom is 0.413 e. The van der Waals surface area contributed by atoms with Gasteiger partial charge >= 0.3 is 18.0 Å². The van der Waals surface area contributed by atoms with E-state index in [2.05, 4.69) is 124 Å². The molecule has 0 spiro atoms. The van der Waals surface area contributed by atoms with Gasteiger partial charge in [-0.2, -0.15) is 15.0 Å². The molecular weight excluding hydrogens is 1060 g/mol. The van der Waals surface area contributed by atoms with E-state index in [-0.39, 0.29) is 85.4 Å². The molecule has 6 N–H and O–H groups in total.